The molecule has 0 radical (unpaired) electrons. The molecule has 3 aromatic rings. The van der Waals surface area contributed by atoms with Gasteiger partial charge in [0.1, 0.15) is 0 Å². The first kappa shape index (κ1) is 30.1. The van der Waals surface area contributed by atoms with Crippen LogP contribution >= 0.6 is 47.8 Å². The molecule has 3 rings (SSSR count). The van der Waals surface area contributed by atoms with Gasteiger partial charge in [0.2, 0.25) is 5.75 Å². The van der Waals surface area contributed by atoms with Gasteiger partial charge in [0.25, 0.3) is 11.8 Å². The van der Waals surface area contributed by atoms with Gasteiger partial charge in [0.15, 0.2) is 17.2 Å². The zero-order chi connectivity index (χ0) is 28.5. The molecule has 0 unspecified atom stereocenters. The summed E-state index contributed by atoms with van der Waals surface area (Å²) in [6.07, 6.45) is 1.32. The Bertz CT molecular complexity index is 1400. The predicted molar refractivity (Wildman–Crippen MR) is 155 cm³/mol. The van der Waals surface area contributed by atoms with Crippen LogP contribution in [0.4, 0.5) is 0 Å². The molecule has 0 saturated carbocycles. The lowest BCUT2D eigenvalue weighted by Gasteiger charge is -2.14. The van der Waals surface area contributed by atoms with Crippen molar-refractivity contribution in [1.29, 1.82) is 0 Å². The van der Waals surface area contributed by atoms with Gasteiger partial charge < -0.3 is 24.3 Å². The fourth-order valence-corrected chi connectivity index (χ4v) is 5.03. The maximum Gasteiger partial charge on any atom is 0.344 e. The largest absolute Gasteiger partial charge is 0.493 e. The Labute approximate surface area is 249 Å². The number of hydrazone groups is 1. The van der Waals surface area contributed by atoms with E-state index in [1.54, 1.807) is 36.4 Å². The predicted octanol–water partition coefficient (Wildman–Crippen LogP) is 5.10. The van der Waals surface area contributed by atoms with Crippen molar-refractivity contribution >= 4 is 71.8 Å². The van der Waals surface area contributed by atoms with Crippen LogP contribution in [-0.2, 0) is 4.79 Å². The Morgan fingerprint density at radius 3 is 2.15 bits per heavy atom. The molecular formula is C26H22Br3N3O7. The fourth-order valence-electron chi connectivity index (χ4n) is 3.25. The van der Waals surface area contributed by atoms with E-state index in [-0.39, 0.29) is 17.9 Å². The Balaban J connectivity index is 1.67. The molecule has 2 amide bonds. The summed E-state index contributed by atoms with van der Waals surface area (Å²) in [5.41, 5.74) is 3.27. The summed E-state index contributed by atoms with van der Waals surface area (Å²) in [6.45, 7) is -0.362. The van der Waals surface area contributed by atoms with Crippen LogP contribution in [0.15, 0.2) is 67.1 Å². The number of nitrogens with one attached hydrogen (secondary N) is 2. The van der Waals surface area contributed by atoms with Crippen LogP contribution in [0.3, 0.4) is 0 Å². The molecule has 204 valence electrons. The molecule has 0 aliphatic heterocycles. The first-order valence-electron chi connectivity index (χ1n) is 11.0. The van der Waals surface area contributed by atoms with E-state index in [0.29, 0.717) is 41.8 Å². The molecule has 0 aromatic heterocycles. The van der Waals surface area contributed by atoms with Gasteiger partial charge >= 0.3 is 5.97 Å². The third-order valence-corrected chi connectivity index (χ3v) is 6.79. The second-order valence-electron chi connectivity index (χ2n) is 7.57. The van der Waals surface area contributed by atoms with Crippen LogP contribution in [-0.4, -0.2) is 51.9 Å². The summed E-state index contributed by atoms with van der Waals surface area (Å²) in [7, 11) is 4.31. The summed E-state index contributed by atoms with van der Waals surface area (Å²) in [5.74, 6) is -0.575. The number of esters is 1. The Kier molecular flexibility index (Phi) is 10.9. The zero-order valence-electron chi connectivity index (χ0n) is 20.8. The lowest BCUT2D eigenvalue weighted by atomic mass is 10.1. The summed E-state index contributed by atoms with van der Waals surface area (Å²) >= 11 is 10.1. The van der Waals surface area contributed by atoms with E-state index < -0.39 is 17.8 Å². The number of ether oxygens (including phenoxy) is 4. The Morgan fingerprint density at radius 2 is 1.54 bits per heavy atom. The highest BCUT2D eigenvalue weighted by Gasteiger charge is 2.19. The maximum absolute atomic E-state index is 12.7. The fraction of sp³-hybridized carbons (Fsp3) is 0.154. The first-order valence-corrected chi connectivity index (χ1v) is 13.4. The van der Waals surface area contributed by atoms with Crippen molar-refractivity contribution in [1.82, 2.24) is 10.7 Å². The molecule has 0 atom stereocenters. The first-order chi connectivity index (χ1) is 18.7. The van der Waals surface area contributed by atoms with Gasteiger partial charge in [0.05, 0.1) is 44.1 Å². The molecule has 3 aromatic carbocycles. The van der Waals surface area contributed by atoms with Crippen LogP contribution in [0.5, 0.6) is 23.0 Å². The topological polar surface area (TPSA) is 125 Å². The quantitative estimate of drug-likeness (QED) is 0.129. The summed E-state index contributed by atoms with van der Waals surface area (Å²) < 4.78 is 23.1. The summed E-state index contributed by atoms with van der Waals surface area (Å²) in [5, 5.41) is 6.44. The molecule has 0 aliphatic rings. The van der Waals surface area contributed by atoms with Crippen molar-refractivity contribution in [2.45, 2.75) is 0 Å². The van der Waals surface area contributed by atoms with Gasteiger partial charge in [0, 0.05) is 20.1 Å². The van der Waals surface area contributed by atoms with E-state index in [0.717, 1.165) is 0 Å². The van der Waals surface area contributed by atoms with Crippen molar-refractivity contribution in [2.75, 3.05) is 27.9 Å². The highest BCUT2D eigenvalue weighted by molar-refractivity contribution is 9.11. The van der Waals surface area contributed by atoms with Crippen molar-refractivity contribution in [2.24, 2.45) is 5.10 Å². The van der Waals surface area contributed by atoms with E-state index in [2.05, 4.69) is 63.6 Å². The highest BCUT2D eigenvalue weighted by atomic mass is 79.9. The van der Waals surface area contributed by atoms with Crippen LogP contribution < -0.4 is 29.7 Å². The lowest BCUT2D eigenvalue weighted by molar-refractivity contribution is -0.120. The molecule has 0 heterocycles. The van der Waals surface area contributed by atoms with E-state index in [4.69, 9.17) is 18.9 Å². The van der Waals surface area contributed by atoms with E-state index in [1.807, 2.05) is 0 Å². The number of carbonyl (C=O) groups excluding carboxylic acids is 3. The Hall–Kier alpha value is -3.42. The molecule has 13 heteroatoms. The molecule has 2 N–H and O–H groups in total. The molecule has 0 bridgehead atoms. The van der Waals surface area contributed by atoms with Gasteiger partial charge in [-0.2, -0.15) is 5.10 Å². The monoisotopic (exact) mass is 725 g/mol. The van der Waals surface area contributed by atoms with E-state index in [9.17, 15) is 14.4 Å². The Morgan fingerprint density at radius 1 is 0.872 bits per heavy atom. The van der Waals surface area contributed by atoms with E-state index in [1.165, 1.54) is 39.7 Å². The average Bonchev–Trinajstić information content (AvgIpc) is 2.92. The number of hydrogen-bond acceptors (Lipinski definition) is 8. The van der Waals surface area contributed by atoms with E-state index >= 15 is 0 Å². The number of halogens is 3. The van der Waals surface area contributed by atoms with Gasteiger partial charge in [-0.15, -0.1) is 0 Å². The minimum absolute atomic E-state index is 0.202. The van der Waals surface area contributed by atoms with Crippen LogP contribution in [0.1, 0.15) is 26.3 Å². The molecule has 0 spiro atoms. The van der Waals surface area contributed by atoms with Gasteiger partial charge in [-0.3, -0.25) is 9.59 Å². The lowest BCUT2D eigenvalue weighted by Crippen LogP contribution is -2.35. The van der Waals surface area contributed by atoms with Crippen molar-refractivity contribution in [3.05, 3.63) is 78.6 Å². The molecule has 0 saturated heterocycles. The number of amides is 2. The van der Waals surface area contributed by atoms with Crippen molar-refractivity contribution in [3.63, 3.8) is 0 Å². The van der Waals surface area contributed by atoms with Crippen molar-refractivity contribution < 1.29 is 33.3 Å². The van der Waals surface area contributed by atoms with Crippen molar-refractivity contribution in [3.8, 4) is 23.0 Å². The number of methoxy groups -OCH3 is 3. The standard InChI is InChI=1S/C26H22Br3N3O7/c1-36-20-9-14(10-21(37-2)24(20)38-3)25(34)30-13-22(33)32-31-12-15-8-16(27)11-19(29)23(15)39-26(35)17-6-4-5-7-18(17)28/h4-12H,13H2,1-3H3,(H,30,34)(H,32,33). The average molecular weight is 728 g/mol. The number of nitrogens with zero attached hydrogens (tertiary/aromatic N) is 1. The summed E-state index contributed by atoms with van der Waals surface area (Å²) in [4.78, 5) is 37.6. The number of rotatable bonds is 10. The molecule has 10 nitrogen and oxygen atoms in total. The van der Waals surface area contributed by atoms with Crippen LogP contribution in [0.25, 0.3) is 0 Å². The molecular weight excluding hydrogens is 706 g/mol. The molecule has 39 heavy (non-hydrogen) atoms. The second-order valence-corrected chi connectivity index (χ2v) is 10.2. The smallest absolute Gasteiger partial charge is 0.344 e. The number of hydrogen-bond donors (Lipinski definition) is 2. The molecule has 0 fully saturated rings. The SMILES string of the molecule is COc1cc(C(=O)NCC(=O)NN=Cc2cc(Br)cc(Br)c2OC(=O)c2ccccc2Br)cc(OC)c1OC. The third kappa shape index (κ3) is 7.80. The zero-order valence-corrected chi connectivity index (χ0v) is 25.6. The van der Waals surface area contributed by atoms with Gasteiger partial charge in [-0.1, -0.05) is 28.1 Å². The van der Waals surface area contributed by atoms with Gasteiger partial charge in [-0.05, 0) is 68.3 Å². The van der Waals surface area contributed by atoms with Crippen LogP contribution in [0, 0.1) is 0 Å². The maximum atomic E-state index is 12.7. The minimum atomic E-state index is -0.590. The normalized spacial score (nSPS) is 10.6. The number of benzene rings is 3. The third-order valence-electron chi connectivity index (χ3n) is 5.05. The van der Waals surface area contributed by atoms with Crippen LogP contribution in [0.2, 0.25) is 0 Å². The number of carbonyl (C=O) groups is 3. The minimum Gasteiger partial charge on any atom is -0.493 e. The highest BCUT2D eigenvalue weighted by Crippen LogP contribution is 2.38. The molecule has 0 aliphatic carbocycles. The van der Waals surface area contributed by atoms with Gasteiger partial charge in [-0.25, -0.2) is 10.2 Å². The second kappa shape index (κ2) is 14.1. The summed E-state index contributed by atoms with van der Waals surface area (Å²) in [6, 6.07) is 13.2.